The highest BCUT2D eigenvalue weighted by atomic mass is 16.5. The van der Waals surface area contributed by atoms with Crippen molar-refractivity contribution in [2.45, 2.75) is 27.7 Å². The van der Waals surface area contributed by atoms with E-state index in [2.05, 4.69) is 10.4 Å². The van der Waals surface area contributed by atoms with Gasteiger partial charge in [-0.05, 0) is 57.0 Å². The van der Waals surface area contributed by atoms with Gasteiger partial charge in [0.25, 0.3) is 5.91 Å². The van der Waals surface area contributed by atoms with Gasteiger partial charge in [0.2, 0.25) is 0 Å². The molecule has 0 aromatic heterocycles. The van der Waals surface area contributed by atoms with Crippen LogP contribution in [0.25, 0.3) is 11.5 Å². The number of aliphatic hydroxyl groups is 1. The number of ether oxygens (including phenoxy) is 1. The highest BCUT2D eigenvalue weighted by molar-refractivity contribution is 6.04. The van der Waals surface area contributed by atoms with Gasteiger partial charge in [0.15, 0.2) is 11.5 Å². The molecule has 0 radical (unpaired) electrons. The van der Waals surface area contributed by atoms with Gasteiger partial charge < -0.3 is 20.3 Å². The SMILES string of the molecule is C/C=N\N1C(C(=O)NCC(=O)O)=C(O)c2ccc(Oc3c(C)cccc3C)cc2/C1=C\C. The largest absolute Gasteiger partial charge is 0.505 e. The summed E-state index contributed by atoms with van der Waals surface area (Å²) in [4.78, 5) is 23.6. The van der Waals surface area contributed by atoms with Crippen molar-refractivity contribution in [2.24, 2.45) is 5.10 Å². The lowest BCUT2D eigenvalue weighted by Crippen LogP contribution is -2.37. The molecule has 166 valence electrons. The van der Waals surface area contributed by atoms with Gasteiger partial charge in [-0.25, -0.2) is 5.01 Å². The van der Waals surface area contributed by atoms with Gasteiger partial charge in [-0.15, -0.1) is 0 Å². The second-order valence-corrected chi connectivity index (χ2v) is 7.16. The molecule has 1 heterocycles. The molecule has 2 aromatic carbocycles. The van der Waals surface area contributed by atoms with Crippen molar-refractivity contribution in [3.8, 4) is 11.5 Å². The third-order valence-corrected chi connectivity index (χ3v) is 4.93. The molecular formula is C24H25N3O5. The van der Waals surface area contributed by atoms with Crippen LogP contribution in [0, 0.1) is 13.8 Å². The summed E-state index contributed by atoms with van der Waals surface area (Å²) < 4.78 is 6.14. The van der Waals surface area contributed by atoms with Gasteiger partial charge in [0.05, 0.1) is 5.70 Å². The van der Waals surface area contributed by atoms with Crippen molar-refractivity contribution in [1.82, 2.24) is 10.3 Å². The molecule has 3 N–H and O–H groups in total. The fourth-order valence-corrected chi connectivity index (χ4v) is 3.50. The van der Waals surface area contributed by atoms with Crippen LogP contribution in [0.1, 0.15) is 36.1 Å². The average molecular weight is 435 g/mol. The third kappa shape index (κ3) is 4.34. The highest BCUT2D eigenvalue weighted by Crippen LogP contribution is 2.40. The van der Waals surface area contributed by atoms with Gasteiger partial charge in [-0.3, -0.25) is 9.59 Å². The predicted molar refractivity (Wildman–Crippen MR) is 122 cm³/mol. The van der Waals surface area contributed by atoms with E-state index in [1.54, 1.807) is 38.1 Å². The van der Waals surface area contributed by atoms with Crippen LogP contribution < -0.4 is 10.1 Å². The summed E-state index contributed by atoms with van der Waals surface area (Å²) in [5, 5.41) is 27.6. The minimum absolute atomic E-state index is 0.159. The van der Waals surface area contributed by atoms with Crippen molar-refractivity contribution < 1.29 is 24.5 Å². The van der Waals surface area contributed by atoms with E-state index in [0.717, 1.165) is 16.9 Å². The van der Waals surface area contributed by atoms with E-state index in [-0.39, 0.29) is 11.5 Å². The van der Waals surface area contributed by atoms with E-state index in [1.807, 2.05) is 32.0 Å². The fraction of sp³-hybridized carbons (Fsp3) is 0.208. The summed E-state index contributed by atoms with van der Waals surface area (Å²) in [6, 6.07) is 11.0. The van der Waals surface area contributed by atoms with Gasteiger partial charge in [0, 0.05) is 17.3 Å². The van der Waals surface area contributed by atoms with E-state index in [1.165, 1.54) is 11.2 Å². The summed E-state index contributed by atoms with van der Waals surface area (Å²) in [5.41, 5.74) is 3.40. The molecule has 0 saturated carbocycles. The standard InChI is InChI=1S/C24H25N3O5/c1-5-19-18-12-16(32-23-14(3)8-7-9-15(23)4)10-11-17(18)22(30)21(27(19)26-6-2)24(31)25-13-20(28)29/h5-12,30H,13H2,1-4H3,(H,25,31)(H,28,29)/b19-5+,26-6-. The molecule has 0 atom stereocenters. The van der Waals surface area contributed by atoms with Crippen molar-refractivity contribution >= 4 is 29.5 Å². The van der Waals surface area contributed by atoms with E-state index < -0.39 is 18.4 Å². The third-order valence-electron chi connectivity index (χ3n) is 4.93. The van der Waals surface area contributed by atoms with Gasteiger partial charge in [-0.1, -0.05) is 24.3 Å². The summed E-state index contributed by atoms with van der Waals surface area (Å²) in [5.74, 6) is -0.941. The monoisotopic (exact) mass is 435 g/mol. The quantitative estimate of drug-likeness (QED) is 0.586. The molecule has 0 saturated heterocycles. The molecule has 2 aromatic rings. The molecule has 8 nitrogen and oxygen atoms in total. The van der Waals surface area contributed by atoms with Gasteiger partial charge >= 0.3 is 5.97 Å². The van der Waals surface area contributed by atoms with E-state index >= 15 is 0 Å². The zero-order valence-corrected chi connectivity index (χ0v) is 18.3. The first-order valence-electron chi connectivity index (χ1n) is 10.1. The highest BCUT2D eigenvalue weighted by Gasteiger charge is 2.33. The molecule has 3 rings (SSSR count). The summed E-state index contributed by atoms with van der Waals surface area (Å²) in [6.45, 7) is 6.80. The lowest BCUT2D eigenvalue weighted by Gasteiger charge is -2.31. The maximum absolute atomic E-state index is 12.7. The maximum Gasteiger partial charge on any atom is 0.322 e. The lowest BCUT2D eigenvalue weighted by molar-refractivity contribution is -0.137. The molecule has 0 fully saturated rings. The molecular weight excluding hydrogens is 410 g/mol. The number of aliphatic hydroxyl groups excluding tert-OH is 1. The topological polar surface area (TPSA) is 111 Å². The number of aryl methyl sites for hydroxylation is 2. The molecule has 8 heteroatoms. The second kappa shape index (κ2) is 9.38. The smallest absolute Gasteiger partial charge is 0.322 e. The minimum Gasteiger partial charge on any atom is -0.505 e. The Labute approximate surface area is 186 Å². The Morgan fingerprint density at radius 2 is 1.81 bits per heavy atom. The molecule has 0 bridgehead atoms. The lowest BCUT2D eigenvalue weighted by atomic mass is 9.96. The number of carbonyl (C=O) groups is 2. The first-order valence-corrected chi connectivity index (χ1v) is 10.1. The number of nitrogens with zero attached hydrogens (tertiary/aromatic N) is 2. The van der Waals surface area contributed by atoms with Crippen LogP contribution in [0.2, 0.25) is 0 Å². The fourth-order valence-electron chi connectivity index (χ4n) is 3.50. The molecule has 1 amide bonds. The minimum atomic E-state index is -1.19. The van der Waals surface area contributed by atoms with Crippen LogP contribution in [0.3, 0.4) is 0 Å². The number of hydrogen-bond donors (Lipinski definition) is 3. The van der Waals surface area contributed by atoms with Crippen molar-refractivity contribution in [3.05, 3.63) is 70.4 Å². The Morgan fingerprint density at radius 1 is 1.12 bits per heavy atom. The van der Waals surface area contributed by atoms with Gasteiger partial charge in [-0.2, -0.15) is 5.10 Å². The zero-order chi connectivity index (χ0) is 23.4. The van der Waals surface area contributed by atoms with Crippen molar-refractivity contribution in [1.29, 1.82) is 0 Å². The Morgan fingerprint density at radius 3 is 2.41 bits per heavy atom. The van der Waals surface area contributed by atoms with Crippen molar-refractivity contribution in [2.75, 3.05) is 6.54 Å². The number of hydrogen-bond acceptors (Lipinski definition) is 6. The summed E-state index contributed by atoms with van der Waals surface area (Å²) in [6.07, 6.45) is 3.23. The van der Waals surface area contributed by atoms with Crippen LogP contribution in [0.5, 0.6) is 11.5 Å². The number of aliphatic carboxylic acids is 1. The average Bonchev–Trinajstić information content (AvgIpc) is 2.75. The second-order valence-electron chi connectivity index (χ2n) is 7.16. The van der Waals surface area contributed by atoms with Gasteiger partial charge in [0.1, 0.15) is 18.0 Å². The first-order chi connectivity index (χ1) is 15.3. The molecule has 32 heavy (non-hydrogen) atoms. The van der Waals surface area contributed by atoms with Crippen LogP contribution in [-0.2, 0) is 9.59 Å². The number of fused-ring (bicyclic) bond motifs is 1. The maximum atomic E-state index is 12.7. The zero-order valence-electron chi connectivity index (χ0n) is 18.3. The first kappa shape index (κ1) is 22.6. The summed E-state index contributed by atoms with van der Waals surface area (Å²) >= 11 is 0. The number of benzene rings is 2. The number of carboxylic acids is 1. The number of hydrazone groups is 1. The van der Waals surface area contributed by atoms with Crippen LogP contribution in [0.15, 0.2) is 53.3 Å². The number of rotatable bonds is 6. The normalized spacial score (nSPS) is 14.6. The number of allylic oxidation sites excluding steroid dienone is 1. The Balaban J connectivity index is 2.10. The van der Waals surface area contributed by atoms with Crippen LogP contribution in [-0.4, -0.2) is 39.9 Å². The summed E-state index contributed by atoms with van der Waals surface area (Å²) in [7, 11) is 0. The van der Waals surface area contributed by atoms with Crippen molar-refractivity contribution in [3.63, 3.8) is 0 Å². The molecule has 0 spiro atoms. The number of amides is 1. The van der Waals surface area contributed by atoms with E-state index in [9.17, 15) is 14.7 Å². The predicted octanol–water partition coefficient (Wildman–Crippen LogP) is 4.21. The Kier molecular flexibility index (Phi) is 6.63. The van der Waals surface area contributed by atoms with Crippen LogP contribution in [0.4, 0.5) is 0 Å². The Bertz CT molecular complexity index is 1140. The molecule has 0 unspecified atom stereocenters. The van der Waals surface area contributed by atoms with Crippen LogP contribution >= 0.6 is 0 Å². The van der Waals surface area contributed by atoms with E-state index in [4.69, 9.17) is 9.84 Å². The molecule has 1 aliphatic rings. The number of carboxylic acid groups (broad SMARTS) is 1. The van der Waals surface area contributed by atoms with E-state index in [0.29, 0.717) is 22.6 Å². The molecule has 0 aliphatic carbocycles. The number of para-hydroxylation sites is 1. The molecule has 1 aliphatic heterocycles. The Hall–Kier alpha value is -4.07. The number of nitrogens with one attached hydrogen (secondary N) is 1. The number of carbonyl (C=O) groups excluding carboxylic acids is 1.